The molecule has 1 heterocycles. The number of aliphatic hydroxyl groups is 1. The summed E-state index contributed by atoms with van der Waals surface area (Å²) in [5.41, 5.74) is 2.13. The molecule has 112 valence electrons. The smallest absolute Gasteiger partial charge is 0.160 e. The summed E-state index contributed by atoms with van der Waals surface area (Å²) >= 11 is 0. The van der Waals surface area contributed by atoms with Gasteiger partial charge in [0.2, 0.25) is 0 Å². The lowest BCUT2D eigenvalue weighted by molar-refractivity contribution is 0.225. The topological polar surface area (TPSA) is 47.3 Å². The van der Waals surface area contributed by atoms with Gasteiger partial charge < -0.3 is 9.84 Å². The number of aromatic nitrogens is 2. The summed E-state index contributed by atoms with van der Waals surface area (Å²) in [4.78, 5) is 0. The second kappa shape index (κ2) is 5.53. The van der Waals surface area contributed by atoms with Crippen LogP contribution in [0.15, 0.2) is 36.5 Å². The molecule has 1 aliphatic rings. The van der Waals surface area contributed by atoms with Gasteiger partial charge in [0.1, 0.15) is 5.69 Å². The van der Waals surface area contributed by atoms with E-state index in [4.69, 9.17) is 4.74 Å². The number of rotatable bonds is 6. The molecule has 1 aliphatic carbocycles. The number of hydrogen-bond donors (Lipinski definition) is 1. The van der Waals surface area contributed by atoms with Crippen LogP contribution in [0, 0.1) is 12.8 Å². The van der Waals surface area contributed by atoms with Crippen LogP contribution in [-0.4, -0.2) is 28.1 Å². The van der Waals surface area contributed by atoms with Crippen LogP contribution in [0.4, 0.5) is 0 Å². The van der Waals surface area contributed by atoms with Gasteiger partial charge in [-0.05, 0) is 31.7 Å². The first kappa shape index (κ1) is 14.1. The Morgan fingerprint density at radius 1 is 1.38 bits per heavy atom. The number of aryl methyl sites for hydroxylation is 2. The number of benzene rings is 1. The fraction of sp³-hybridized carbons (Fsp3) is 0.471. The van der Waals surface area contributed by atoms with Crippen molar-refractivity contribution >= 4 is 0 Å². The number of nitrogens with zero attached hydrogens (tertiary/aromatic N) is 2. The van der Waals surface area contributed by atoms with Crippen molar-refractivity contribution < 1.29 is 9.84 Å². The van der Waals surface area contributed by atoms with Crippen molar-refractivity contribution in [2.24, 2.45) is 5.92 Å². The van der Waals surface area contributed by atoms with Gasteiger partial charge in [-0.3, -0.25) is 4.68 Å². The molecule has 1 saturated carbocycles. The van der Waals surface area contributed by atoms with E-state index < -0.39 is 0 Å². The van der Waals surface area contributed by atoms with Crippen LogP contribution < -0.4 is 4.74 Å². The zero-order chi connectivity index (χ0) is 14.9. The molecule has 1 N–H and O–H groups in total. The minimum Gasteiger partial charge on any atom is -0.489 e. The zero-order valence-electron chi connectivity index (χ0n) is 12.6. The van der Waals surface area contributed by atoms with E-state index in [1.54, 1.807) is 0 Å². The molecule has 0 unspecified atom stereocenters. The Labute approximate surface area is 125 Å². The molecule has 21 heavy (non-hydrogen) atoms. The Balaban J connectivity index is 1.77. The normalized spacial score (nSPS) is 24.0. The van der Waals surface area contributed by atoms with E-state index in [1.165, 1.54) is 5.56 Å². The Morgan fingerprint density at radius 3 is 2.71 bits per heavy atom. The summed E-state index contributed by atoms with van der Waals surface area (Å²) in [7, 11) is 0. The Bertz CT molecular complexity index is 609. The first-order valence-corrected chi connectivity index (χ1v) is 7.53. The molecule has 1 aromatic carbocycles. The van der Waals surface area contributed by atoms with Gasteiger partial charge >= 0.3 is 0 Å². The first-order valence-electron chi connectivity index (χ1n) is 7.53. The van der Waals surface area contributed by atoms with E-state index in [9.17, 15) is 5.11 Å². The van der Waals surface area contributed by atoms with Crippen molar-refractivity contribution in [1.82, 2.24) is 9.78 Å². The van der Waals surface area contributed by atoms with Gasteiger partial charge in [-0.15, -0.1) is 0 Å². The largest absolute Gasteiger partial charge is 0.489 e. The Morgan fingerprint density at radius 2 is 2.14 bits per heavy atom. The van der Waals surface area contributed by atoms with Gasteiger partial charge in [-0.1, -0.05) is 30.3 Å². The molecule has 0 spiro atoms. The van der Waals surface area contributed by atoms with Crippen LogP contribution in [0.2, 0.25) is 0 Å². The van der Waals surface area contributed by atoms with E-state index in [2.05, 4.69) is 24.2 Å². The van der Waals surface area contributed by atoms with Gasteiger partial charge in [0, 0.05) is 18.6 Å². The Kier molecular flexibility index (Phi) is 3.72. The van der Waals surface area contributed by atoms with Crippen LogP contribution in [0.25, 0.3) is 0 Å². The van der Waals surface area contributed by atoms with Crippen molar-refractivity contribution in [2.45, 2.75) is 32.2 Å². The van der Waals surface area contributed by atoms with Crippen molar-refractivity contribution in [1.29, 1.82) is 0 Å². The lowest BCUT2D eigenvalue weighted by Gasteiger charge is -2.18. The maximum Gasteiger partial charge on any atom is 0.160 e. The highest BCUT2D eigenvalue weighted by molar-refractivity contribution is 5.35. The molecule has 1 fully saturated rings. The maximum absolute atomic E-state index is 9.52. The zero-order valence-corrected chi connectivity index (χ0v) is 12.6. The van der Waals surface area contributed by atoms with Crippen LogP contribution in [0.3, 0.4) is 0 Å². The molecule has 3 rings (SSSR count). The third kappa shape index (κ3) is 2.56. The van der Waals surface area contributed by atoms with Crippen molar-refractivity contribution in [3.63, 3.8) is 0 Å². The lowest BCUT2D eigenvalue weighted by atomic mass is 9.94. The molecule has 0 bridgehead atoms. The average molecular weight is 286 g/mol. The van der Waals surface area contributed by atoms with Crippen LogP contribution in [0.1, 0.15) is 24.6 Å². The van der Waals surface area contributed by atoms with Gasteiger partial charge in [-0.25, -0.2) is 0 Å². The fourth-order valence-corrected chi connectivity index (χ4v) is 3.01. The molecule has 2 aromatic rings. The van der Waals surface area contributed by atoms with E-state index in [-0.39, 0.29) is 12.0 Å². The third-order valence-electron chi connectivity index (χ3n) is 4.51. The Hall–Kier alpha value is -1.81. The van der Waals surface area contributed by atoms with Gasteiger partial charge in [0.25, 0.3) is 0 Å². The SMILES string of the molecule is CCn1cc(OC[C@]2(c3ccccc3)C[C@@H]2CO)c(C)n1. The quantitative estimate of drug-likeness (QED) is 0.887. The van der Waals surface area contributed by atoms with Crippen molar-refractivity contribution in [3.05, 3.63) is 47.8 Å². The second-order valence-electron chi connectivity index (χ2n) is 5.83. The highest BCUT2D eigenvalue weighted by Crippen LogP contribution is 2.54. The summed E-state index contributed by atoms with van der Waals surface area (Å²) in [6.45, 7) is 5.68. The standard InChI is InChI=1S/C17H22N2O2/c1-3-19-10-16(13(2)18-19)21-12-17(9-15(17)11-20)14-7-5-4-6-8-14/h4-8,10,15,20H,3,9,11-12H2,1-2H3/t15-,17+/m1/s1. The molecule has 0 radical (unpaired) electrons. The molecule has 0 aliphatic heterocycles. The molecule has 4 heteroatoms. The van der Waals surface area contributed by atoms with E-state index >= 15 is 0 Å². The van der Waals surface area contributed by atoms with E-state index in [0.29, 0.717) is 12.5 Å². The fourth-order valence-electron chi connectivity index (χ4n) is 3.01. The van der Waals surface area contributed by atoms with Crippen molar-refractivity contribution in [2.75, 3.05) is 13.2 Å². The van der Waals surface area contributed by atoms with Gasteiger partial charge in [-0.2, -0.15) is 5.10 Å². The molecule has 1 aromatic heterocycles. The average Bonchev–Trinajstić information content (AvgIpc) is 3.14. The molecule has 0 saturated heterocycles. The second-order valence-corrected chi connectivity index (χ2v) is 5.83. The third-order valence-corrected chi connectivity index (χ3v) is 4.51. The maximum atomic E-state index is 9.52. The highest BCUT2D eigenvalue weighted by atomic mass is 16.5. The summed E-state index contributed by atoms with van der Waals surface area (Å²) < 4.78 is 7.92. The van der Waals surface area contributed by atoms with Crippen molar-refractivity contribution in [3.8, 4) is 5.75 Å². The summed E-state index contributed by atoms with van der Waals surface area (Å²) in [6.07, 6.45) is 2.93. The monoisotopic (exact) mass is 286 g/mol. The minimum absolute atomic E-state index is 0.0449. The van der Waals surface area contributed by atoms with Gasteiger partial charge in [0.15, 0.2) is 5.75 Å². The molecular formula is C17H22N2O2. The van der Waals surface area contributed by atoms with Crippen LogP contribution in [0.5, 0.6) is 5.75 Å². The van der Waals surface area contributed by atoms with Crippen LogP contribution in [-0.2, 0) is 12.0 Å². The number of ether oxygens (including phenoxy) is 1. The summed E-state index contributed by atoms with van der Waals surface area (Å²) in [6, 6.07) is 10.4. The first-order chi connectivity index (χ1) is 10.2. The molecule has 4 nitrogen and oxygen atoms in total. The van der Waals surface area contributed by atoms with E-state index in [0.717, 1.165) is 24.4 Å². The summed E-state index contributed by atoms with van der Waals surface area (Å²) in [5.74, 6) is 1.14. The number of aliphatic hydroxyl groups excluding tert-OH is 1. The molecule has 0 amide bonds. The predicted octanol–water partition coefficient (Wildman–Crippen LogP) is 2.54. The van der Waals surface area contributed by atoms with Crippen LogP contribution >= 0.6 is 0 Å². The van der Waals surface area contributed by atoms with Gasteiger partial charge in [0.05, 0.1) is 12.8 Å². The van der Waals surface area contributed by atoms with E-state index in [1.807, 2.05) is 36.0 Å². The highest BCUT2D eigenvalue weighted by Gasteiger charge is 2.55. The number of hydrogen-bond acceptors (Lipinski definition) is 3. The minimum atomic E-state index is -0.0449. The lowest BCUT2D eigenvalue weighted by Crippen LogP contribution is -2.21. The molecule has 2 atom stereocenters. The predicted molar refractivity (Wildman–Crippen MR) is 81.4 cm³/mol. The molecular weight excluding hydrogens is 264 g/mol. The summed E-state index contributed by atoms with van der Waals surface area (Å²) in [5, 5.41) is 13.9.